The average molecular weight is 873 g/mol. The van der Waals surface area contributed by atoms with Gasteiger partial charge in [-0.3, -0.25) is 19.2 Å². The van der Waals surface area contributed by atoms with Gasteiger partial charge in [0.05, 0.1) is 36.4 Å². The van der Waals surface area contributed by atoms with Crippen molar-refractivity contribution in [2.75, 3.05) is 19.8 Å². The number of ether oxygens (including phenoxy) is 4. The Bertz CT molecular complexity index is 1860. The number of aliphatic hydroxyl groups excluding tert-OH is 1. The fourth-order valence-corrected chi connectivity index (χ4v) is 20.5. The fraction of sp³-hybridized carbons (Fsp3) is 0.926. The van der Waals surface area contributed by atoms with Crippen molar-refractivity contribution in [1.29, 1.82) is 0 Å². The van der Waals surface area contributed by atoms with Crippen LogP contribution in [0.1, 0.15) is 133 Å². The minimum absolute atomic E-state index is 0.00116. The Balaban J connectivity index is 0.0000000947. The molecule has 14 bridgehead atoms. The van der Waals surface area contributed by atoms with Gasteiger partial charge in [0.1, 0.15) is 11.7 Å². The number of aliphatic hydroxyl groups is 1. The van der Waals surface area contributed by atoms with Gasteiger partial charge < -0.3 is 24.1 Å². The zero-order chi connectivity index (χ0) is 44.4. The molecule has 0 aromatic heterocycles. The highest BCUT2D eigenvalue weighted by atomic mass is 16.6. The van der Waals surface area contributed by atoms with Crippen LogP contribution in [0.5, 0.6) is 0 Å². The first-order valence-corrected chi connectivity index (χ1v) is 26.4. The maximum atomic E-state index is 12.0. The molecule has 63 heavy (non-hydrogen) atoms. The number of fused-ring (bicyclic) bond motifs is 27. The monoisotopic (exact) mass is 873 g/mol. The van der Waals surface area contributed by atoms with Gasteiger partial charge in [0.2, 0.25) is 0 Å². The fourth-order valence-electron chi connectivity index (χ4n) is 20.5. The Kier molecular flexibility index (Phi) is 10.3. The molecule has 9 heteroatoms. The summed E-state index contributed by atoms with van der Waals surface area (Å²) in [5.74, 6) is 16.6. The standard InChI is InChI=1S/C16H22O3.C16H22O2.C10H14O2.C10H16O2.C2H6/c1-6-7-2-8(11(6)4-17)14-9-3-10(13(7)14)15-12(9)5-19-16(15)18;1-6-7(2)9-3-8(6)13-10-4-11(14(9)13)15-12(10)5-18-16(15)17;11-10-8-2-6-1-7(3-8)5-9(4-6)12-10;1-8(2)9(3)5-6-10(8,4)12-7(9)11;1-2/h6-15,17H,2-5H2,1H3;6-15H,3-5H2,1-2H3;6-9H,1-5H2;5-6H2,1-4H3;1-2H3. The number of esters is 4. The Labute approximate surface area is 377 Å². The second-order valence-electron chi connectivity index (χ2n) is 25.4. The number of carbonyl (C=O) groups is 4. The van der Waals surface area contributed by atoms with E-state index in [-0.39, 0.29) is 58.2 Å². The van der Waals surface area contributed by atoms with Gasteiger partial charge in [0, 0.05) is 23.9 Å². The summed E-state index contributed by atoms with van der Waals surface area (Å²) in [6.45, 7) is 21.4. The Morgan fingerprint density at radius 3 is 1.48 bits per heavy atom. The van der Waals surface area contributed by atoms with Gasteiger partial charge in [0.15, 0.2) is 0 Å². The van der Waals surface area contributed by atoms with E-state index in [9.17, 15) is 24.3 Å². The molecule has 5 heterocycles. The minimum atomic E-state index is -0.234. The molecule has 9 nitrogen and oxygen atoms in total. The summed E-state index contributed by atoms with van der Waals surface area (Å²) in [6, 6.07) is 0. The molecule has 16 rings (SSSR count). The molecule has 0 amide bonds. The van der Waals surface area contributed by atoms with E-state index in [1.165, 1.54) is 32.1 Å². The molecule has 350 valence electrons. The molecular weight excluding hydrogens is 793 g/mol. The molecule has 0 radical (unpaired) electrons. The topological polar surface area (TPSA) is 125 Å². The van der Waals surface area contributed by atoms with Gasteiger partial charge in [-0.15, -0.1) is 0 Å². The molecular formula is C54H80O9. The Morgan fingerprint density at radius 1 is 0.540 bits per heavy atom. The van der Waals surface area contributed by atoms with Gasteiger partial charge in [0.25, 0.3) is 0 Å². The maximum Gasteiger partial charge on any atom is 0.313 e. The van der Waals surface area contributed by atoms with Crippen molar-refractivity contribution in [3.05, 3.63) is 0 Å². The molecule has 16 fully saturated rings. The molecule has 0 spiro atoms. The van der Waals surface area contributed by atoms with E-state index in [1.54, 1.807) is 0 Å². The number of cyclic esters (lactones) is 2. The van der Waals surface area contributed by atoms with Gasteiger partial charge in [-0.1, -0.05) is 48.5 Å². The zero-order valence-corrected chi connectivity index (χ0v) is 40.0. The van der Waals surface area contributed by atoms with Crippen LogP contribution in [0.3, 0.4) is 0 Å². The molecule has 0 aromatic rings. The van der Waals surface area contributed by atoms with Gasteiger partial charge >= 0.3 is 23.9 Å². The van der Waals surface area contributed by atoms with Crippen LogP contribution >= 0.6 is 0 Å². The van der Waals surface area contributed by atoms with E-state index in [1.807, 2.05) is 20.8 Å². The van der Waals surface area contributed by atoms with Gasteiger partial charge in [-0.2, -0.15) is 0 Å². The van der Waals surface area contributed by atoms with E-state index >= 15 is 0 Å². The van der Waals surface area contributed by atoms with Crippen LogP contribution in [0.25, 0.3) is 0 Å². The van der Waals surface area contributed by atoms with Crippen LogP contribution < -0.4 is 0 Å². The molecule has 1 N–H and O–H groups in total. The summed E-state index contributed by atoms with van der Waals surface area (Å²) in [4.78, 5) is 46.9. The normalized spacial score (nSPS) is 57.8. The third kappa shape index (κ3) is 5.80. The van der Waals surface area contributed by atoms with Crippen molar-refractivity contribution in [1.82, 2.24) is 0 Å². The molecule has 11 aliphatic carbocycles. The van der Waals surface area contributed by atoms with Crippen LogP contribution in [0.2, 0.25) is 0 Å². The lowest BCUT2D eigenvalue weighted by atomic mass is 9.59. The second-order valence-corrected chi connectivity index (χ2v) is 25.4. The summed E-state index contributed by atoms with van der Waals surface area (Å²) in [7, 11) is 0. The molecule has 0 aromatic carbocycles. The van der Waals surface area contributed by atoms with E-state index in [0.717, 1.165) is 128 Å². The predicted molar refractivity (Wildman–Crippen MR) is 235 cm³/mol. The summed E-state index contributed by atoms with van der Waals surface area (Å²) in [5.41, 5.74) is -0.447. The largest absolute Gasteiger partial charge is 0.465 e. The van der Waals surface area contributed by atoms with Crippen LogP contribution in [0, 0.1) is 147 Å². The highest BCUT2D eigenvalue weighted by molar-refractivity contribution is 5.82. The Morgan fingerprint density at radius 2 is 1.02 bits per heavy atom. The highest BCUT2D eigenvalue weighted by Crippen LogP contribution is 2.75. The van der Waals surface area contributed by atoms with Crippen LogP contribution in [0.15, 0.2) is 0 Å². The minimum Gasteiger partial charge on any atom is -0.465 e. The van der Waals surface area contributed by atoms with Gasteiger partial charge in [-0.25, -0.2) is 0 Å². The second kappa shape index (κ2) is 14.9. The van der Waals surface area contributed by atoms with E-state index in [4.69, 9.17) is 18.9 Å². The zero-order valence-electron chi connectivity index (χ0n) is 40.0. The number of hydrogen-bond acceptors (Lipinski definition) is 9. The van der Waals surface area contributed by atoms with Crippen LogP contribution in [-0.4, -0.2) is 60.5 Å². The lowest BCUT2D eigenvalue weighted by Gasteiger charge is -2.44. The van der Waals surface area contributed by atoms with E-state index in [0.29, 0.717) is 54.6 Å². The average Bonchev–Trinajstić information content (AvgIpc) is 4.12. The summed E-state index contributed by atoms with van der Waals surface area (Å²) >= 11 is 0. The summed E-state index contributed by atoms with van der Waals surface area (Å²) in [6.07, 6.45) is 13.6. The highest BCUT2D eigenvalue weighted by Gasteiger charge is 2.73. The van der Waals surface area contributed by atoms with Crippen LogP contribution in [-0.2, 0) is 38.1 Å². The smallest absolute Gasteiger partial charge is 0.313 e. The summed E-state index contributed by atoms with van der Waals surface area (Å²) < 4.78 is 21.5. The first kappa shape index (κ1) is 43.4. The van der Waals surface area contributed by atoms with Crippen molar-refractivity contribution in [2.45, 2.75) is 145 Å². The summed E-state index contributed by atoms with van der Waals surface area (Å²) in [5, 5.41) is 9.70. The number of hydrogen-bond donors (Lipinski definition) is 1. The van der Waals surface area contributed by atoms with Gasteiger partial charge in [-0.05, 0) is 191 Å². The first-order valence-electron chi connectivity index (χ1n) is 26.4. The van der Waals surface area contributed by atoms with E-state index < -0.39 is 0 Å². The third-order valence-electron chi connectivity index (χ3n) is 23.9. The Hall–Kier alpha value is -2.16. The SMILES string of the molecule is CC.CC12CCC(C)(C(=O)O1)C2(C)C.CC1C(C)C2CC1C1C3CC(C4C(=O)OCC34)C21.CC1C(CO)C2CC1C1C3CC(C4COC(=O)C43)C21.O=C1OC2CC3CC(C2)CC1C3. The van der Waals surface area contributed by atoms with Crippen molar-refractivity contribution in [2.24, 2.45) is 147 Å². The maximum absolute atomic E-state index is 12.0. The molecule has 24 atom stereocenters. The number of carbonyl (C=O) groups excluding carboxylic acids is 4. The third-order valence-corrected chi connectivity index (χ3v) is 23.9. The van der Waals surface area contributed by atoms with Crippen molar-refractivity contribution >= 4 is 23.9 Å². The lowest BCUT2D eigenvalue weighted by molar-refractivity contribution is -0.158. The van der Waals surface area contributed by atoms with Crippen molar-refractivity contribution in [3.8, 4) is 0 Å². The molecule has 11 saturated carbocycles. The predicted octanol–water partition coefficient (Wildman–Crippen LogP) is 9.02. The quantitative estimate of drug-likeness (QED) is 0.156. The first-order chi connectivity index (χ1) is 30.0. The molecule has 5 aliphatic heterocycles. The van der Waals surface area contributed by atoms with Crippen molar-refractivity contribution < 1.29 is 43.2 Å². The van der Waals surface area contributed by atoms with Crippen LogP contribution in [0.4, 0.5) is 0 Å². The van der Waals surface area contributed by atoms with Crippen molar-refractivity contribution in [3.63, 3.8) is 0 Å². The van der Waals surface area contributed by atoms with E-state index in [2.05, 4.69) is 41.5 Å². The lowest BCUT2D eigenvalue weighted by Crippen LogP contribution is -2.44. The number of rotatable bonds is 1. The molecule has 24 unspecified atom stereocenters. The molecule has 5 saturated heterocycles. The molecule has 16 aliphatic rings.